The minimum Gasteiger partial charge on any atom is -0.360 e. The van der Waals surface area contributed by atoms with Gasteiger partial charge in [0.1, 0.15) is 5.76 Å². The second-order valence-corrected chi connectivity index (χ2v) is 5.74. The van der Waals surface area contributed by atoms with Gasteiger partial charge < -0.3 is 14.7 Å². The van der Waals surface area contributed by atoms with Crippen molar-refractivity contribution in [2.24, 2.45) is 5.92 Å². The number of aromatic nitrogens is 1. The van der Waals surface area contributed by atoms with Crippen LogP contribution in [0.1, 0.15) is 24.7 Å². The quantitative estimate of drug-likeness (QED) is 0.941. The summed E-state index contributed by atoms with van der Waals surface area (Å²) in [6, 6.07) is 9.52. The number of amides is 2. The molecule has 2 heterocycles. The molecule has 0 spiro atoms. The van der Waals surface area contributed by atoms with Crippen molar-refractivity contribution in [3.63, 3.8) is 0 Å². The van der Waals surface area contributed by atoms with E-state index in [-0.39, 0.29) is 24.2 Å². The van der Waals surface area contributed by atoms with Crippen molar-refractivity contribution in [2.45, 2.75) is 26.7 Å². The number of nitrogens with zero attached hydrogens (tertiary/aromatic N) is 2. The van der Waals surface area contributed by atoms with Gasteiger partial charge in [-0.15, -0.1) is 0 Å². The Kier molecular flexibility index (Phi) is 4.14. The zero-order valence-corrected chi connectivity index (χ0v) is 13.2. The van der Waals surface area contributed by atoms with E-state index in [0.29, 0.717) is 18.1 Å². The molecular formula is C17H19N3O3. The molecule has 1 fully saturated rings. The molecule has 0 aliphatic carbocycles. The Balaban J connectivity index is 1.67. The molecule has 1 atom stereocenters. The number of nitrogens with one attached hydrogen (secondary N) is 1. The van der Waals surface area contributed by atoms with Crippen LogP contribution in [0, 0.1) is 12.8 Å². The van der Waals surface area contributed by atoms with E-state index >= 15 is 0 Å². The number of anilines is 2. The maximum absolute atomic E-state index is 12.3. The molecule has 0 radical (unpaired) electrons. The molecule has 1 aromatic heterocycles. The van der Waals surface area contributed by atoms with Crippen LogP contribution in [0.4, 0.5) is 11.5 Å². The maximum atomic E-state index is 12.3. The van der Waals surface area contributed by atoms with Crippen molar-refractivity contribution < 1.29 is 14.1 Å². The van der Waals surface area contributed by atoms with Crippen LogP contribution in [-0.2, 0) is 16.0 Å². The number of rotatable bonds is 4. The highest BCUT2D eigenvalue weighted by Gasteiger charge is 2.35. The van der Waals surface area contributed by atoms with E-state index in [1.165, 1.54) is 5.56 Å². The molecule has 1 aliphatic rings. The molecule has 1 saturated heterocycles. The van der Waals surface area contributed by atoms with Gasteiger partial charge in [0.2, 0.25) is 11.8 Å². The lowest BCUT2D eigenvalue weighted by Gasteiger charge is -2.17. The largest absolute Gasteiger partial charge is 0.360 e. The topological polar surface area (TPSA) is 75.4 Å². The summed E-state index contributed by atoms with van der Waals surface area (Å²) >= 11 is 0. The molecule has 2 amide bonds. The average molecular weight is 313 g/mol. The van der Waals surface area contributed by atoms with E-state index in [4.69, 9.17) is 4.52 Å². The van der Waals surface area contributed by atoms with Crippen LogP contribution < -0.4 is 10.2 Å². The Morgan fingerprint density at radius 1 is 1.39 bits per heavy atom. The van der Waals surface area contributed by atoms with Gasteiger partial charge in [-0.25, -0.2) is 0 Å². The normalized spacial score (nSPS) is 17.6. The molecule has 0 unspecified atom stereocenters. The number of benzene rings is 1. The minimum atomic E-state index is -0.384. The molecule has 1 N–H and O–H groups in total. The molecule has 3 rings (SSSR count). The van der Waals surface area contributed by atoms with E-state index in [9.17, 15) is 9.59 Å². The molecule has 1 aliphatic heterocycles. The fourth-order valence-electron chi connectivity index (χ4n) is 2.70. The molecule has 1 aromatic carbocycles. The minimum absolute atomic E-state index is 0.0364. The Bertz CT molecular complexity index is 721. The number of hydrogen-bond donors (Lipinski definition) is 1. The van der Waals surface area contributed by atoms with Crippen molar-refractivity contribution in [1.82, 2.24) is 5.16 Å². The van der Waals surface area contributed by atoms with Crippen molar-refractivity contribution in [3.05, 3.63) is 41.7 Å². The fourth-order valence-corrected chi connectivity index (χ4v) is 2.70. The third-order valence-electron chi connectivity index (χ3n) is 4.03. The molecule has 120 valence electrons. The Morgan fingerprint density at radius 2 is 2.13 bits per heavy atom. The summed E-state index contributed by atoms with van der Waals surface area (Å²) in [6.07, 6.45) is 1.16. The first-order valence-electron chi connectivity index (χ1n) is 7.70. The summed E-state index contributed by atoms with van der Waals surface area (Å²) in [6.45, 7) is 4.22. The van der Waals surface area contributed by atoms with E-state index in [1.807, 2.05) is 24.3 Å². The van der Waals surface area contributed by atoms with E-state index in [2.05, 4.69) is 17.4 Å². The lowest BCUT2D eigenvalue weighted by Crippen LogP contribution is -2.28. The highest BCUT2D eigenvalue weighted by atomic mass is 16.5. The molecule has 6 nitrogen and oxygen atoms in total. The van der Waals surface area contributed by atoms with Crippen molar-refractivity contribution >= 4 is 23.3 Å². The highest BCUT2D eigenvalue weighted by molar-refractivity contribution is 6.03. The van der Waals surface area contributed by atoms with Gasteiger partial charge in [-0.2, -0.15) is 0 Å². The standard InChI is InChI=1S/C17H19N3O3/c1-3-12-4-6-14(7-5-12)20-10-13(9-16(20)21)17(22)18-15-8-11(2)23-19-15/h4-8,13H,3,9-10H2,1-2H3,(H,18,19,22)/t13-/m1/s1. The number of aryl methyl sites for hydroxylation is 2. The van der Waals surface area contributed by atoms with Crippen molar-refractivity contribution in [1.29, 1.82) is 0 Å². The van der Waals surface area contributed by atoms with Gasteiger partial charge >= 0.3 is 0 Å². The van der Waals surface area contributed by atoms with Crippen LogP contribution in [0.25, 0.3) is 0 Å². The SMILES string of the molecule is CCc1ccc(N2C[C@H](C(=O)Nc3cc(C)on3)CC2=O)cc1. The number of hydrogen-bond acceptors (Lipinski definition) is 4. The smallest absolute Gasteiger partial charge is 0.231 e. The first-order chi connectivity index (χ1) is 11.1. The Labute approximate surface area is 134 Å². The average Bonchev–Trinajstić information content (AvgIpc) is 3.13. The third kappa shape index (κ3) is 3.26. The first kappa shape index (κ1) is 15.3. The molecule has 2 aromatic rings. The number of carbonyl (C=O) groups excluding carboxylic acids is 2. The van der Waals surface area contributed by atoms with Gasteiger partial charge in [-0.3, -0.25) is 9.59 Å². The van der Waals surface area contributed by atoms with Crippen molar-refractivity contribution in [2.75, 3.05) is 16.8 Å². The molecule has 0 bridgehead atoms. The second-order valence-electron chi connectivity index (χ2n) is 5.74. The van der Waals surface area contributed by atoms with E-state index in [0.717, 1.165) is 12.1 Å². The lowest BCUT2D eigenvalue weighted by molar-refractivity contribution is -0.122. The van der Waals surface area contributed by atoms with E-state index in [1.54, 1.807) is 17.9 Å². The van der Waals surface area contributed by atoms with Crippen LogP contribution >= 0.6 is 0 Å². The summed E-state index contributed by atoms with van der Waals surface area (Å²) in [4.78, 5) is 26.2. The van der Waals surface area contributed by atoms with E-state index < -0.39 is 0 Å². The molecular weight excluding hydrogens is 294 g/mol. The molecule has 23 heavy (non-hydrogen) atoms. The Hall–Kier alpha value is -2.63. The van der Waals surface area contributed by atoms with Gasteiger partial charge in [-0.1, -0.05) is 24.2 Å². The molecule has 6 heteroatoms. The Morgan fingerprint density at radius 3 is 2.74 bits per heavy atom. The lowest BCUT2D eigenvalue weighted by atomic mass is 10.1. The maximum Gasteiger partial charge on any atom is 0.231 e. The van der Waals surface area contributed by atoms with Gasteiger partial charge in [0.05, 0.1) is 5.92 Å². The fraction of sp³-hybridized carbons (Fsp3) is 0.353. The summed E-state index contributed by atoms with van der Waals surface area (Å²) in [5, 5.41) is 6.43. The van der Waals surface area contributed by atoms with Gasteiger partial charge in [0.15, 0.2) is 5.82 Å². The summed E-state index contributed by atoms with van der Waals surface area (Å²) < 4.78 is 4.92. The third-order valence-corrected chi connectivity index (χ3v) is 4.03. The van der Waals surface area contributed by atoms with Crippen LogP contribution in [-0.4, -0.2) is 23.5 Å². The summed E-state index contributed by atoms with van der Waals surface area (Å²) in [5.74, 6) is 0.376. The zero-order chi connectivity index (χ0) is 16.4. The molecule has 0 saturated carbocycles. The zero-order valence-electron chi connectivity index (χ0n) is 13.2. The predicted octanol–water partition coefficient (Wildman–Crippen LogP) is 2.54. The van der Waals surface area contributed by atoms with Gasteiger partial charge in [0, 0.05) is 24.7 Å². The van der Waals surface area contributed by atoms with Crippen LogP contribution in [0.15, 0.2) is 34.9 Å². The highest BCUT2D eigenvalue weighted by Crippen LogP contribution is 2.26. The number of carbonyl (C=O) groups is 2. The monoisotopic (exact) mass is 313 g/mol. The van der Waals surface area contributed by atoms with Gasteiger partial charge in [0.25, 0.3) is 0 Å². The van der Waals surface area contributed by atoms with Crippen molar-refractivity contribution in [3.8, 4) is 0 Å². The first-order valence-corrected chi connectivity index (χ1v) is 7.70. The summed E-state index contributed by atoms with van der Waals surface area (Å²) in [7, 11) is 0. The summed E-state index contributed by atoms with van der Waals surface area (Å²) in [5.41, 5.74) is 2.05. The second kappa shape index (κ2) is 6.24. The van der Waals surface area contributed by atoms with Crippen LogP contribution in [0.2, 0.25) is 0 Å². The van der Waals surface area contributed by atoms with Crippen LogP contribution in [0.3, 0.4) is 0 Å². The predicted molar refractivity (Wildman–Crippen MR) is 86.1 cm³/mol. The van der Waals surface area contributed by atoms with Gasteiger partial charge in [-0.05, 0) is 31.0 Å². The van der Waals surface area contributed by atoms with Crippen LogP contribution in [0.5, 0.6) is 0 Å².